The lowest BCUT2D eigenvalue weighted by molar-refractivity contribution is -0.137. The Hall–Kier alpha value is -1.93. The van der Waals surface area contributed by atoms with Crippen molar-refractivity contribution < 1.29 is 9.90 Å². The minimum Gasteiger partial charge on any atom is -0.481 e. The smallest absolute Gasteiger partial charge is 0.303 e. The van der Waals surface area contributed by atoms with E-state index in [4.69, 9.17) is 10.4 Å². The summed E-state index contributed by atoms with van der Waals surface area (Å²) in [7, 11) is 0. The maximum atomic E-state index is 10.5. The Kier molecular flexibility index (Phi) is 6.44. The number of carboxylic acids is 1. The van der Waals surface area contributed by atoms with Crippen LogP contribution in [0.15, 0.2) is 24.5 Å². The molecule has 0 spiro atoms. The van der Waals surface area contributed by atoms with Gasteiger partial charge in [-0.05, 0) is 24.6 Å². The summed E-state index contributed by atoms with van der Waals surface area (Å²) in [5.74, 6) is -0.781. The summed E-state index contributed by atoms with van der Waals surface area (Å²) in [6.45, 7) is 2.04. The van der Waals surface area contributed by atoms with Crippen molar-refractivity contribution in [2.75, 3.05) is 13.1 Å². The number of hydrogen-bond acceptors (Lipinski definition) is 4. The molecule has 1 rings (SSSR count). The molecule has 1 heterocycles. The zero-order valence-corrected chi connectivity index (χ0v) is 10.2. The number of rotatable bonds is 8. The number of nitriles is 1. The van der Waals surface area contributed by atoms with Crippen molar-refractivity contribution in [1.82, 2.24) is 9.88 Å². The van der Waals surface area contributed by atoms with Crippen molar-refractivity contribution in [3.05, 3.63) is 30.1 Å². The van der Waals surface area contributed by atoms with Crippen LogP contribution in [0.25, 0.3) is 0 Å². The molecule has 0 unspecified atom stereocenters. The van der Waals surface area contributed by atoms with E-state index in [1.165, 1.54) is 0 Å². The monoisotopic (exact) mass is 247 g/mol. The number of aromatic nitrogens is 1. The molecule has 0 radical (unpaired) electrons. The lowest BCUT2D eigenvalue weighted by atomic mass is 10.2. The highest BCUT2D eigenvalue weighted by molar-refractivity contribution is 5.66. The highest BCUT2D eigenvalue weighted by Gasteiger charge is 2.07. The number of hydrogen-bond donors (Lipinski definition) is 1. The summed E-state index contributed by atoms with van der Waals surface area (Å²) in [6.07, 6.45) is 4.72. The zero-order chi connectivity index (χ0) is 13.2. The van der Waals surface area contributed by atoms with Crippen molar-refractivity contribution >= 4 is 5.97 Å². The summed E-state index contributed by atoms with van der Waals surface area (Å²) < 4.78 is 0. The van der Waals surface area contributed by atoms with Gasteiger partial charge in [-0.25, -0.2) is 0 Å². The van der Waals surface area contributed by atoms with Crippen LogP contribution in [0.1, 0.15) is 24.8 Å². The highest BCUT2D eigenvalue weighted by atomic mass is 16.4. The van der Waals surface area contributed by atoms with E-state index in [0.717, 1.165) is 5.56 Å². The van der Waals surface area contributed by atoms with Gasteiger partial charge in [-0.15, -0.1) is 0 Å². The van der Waals surface area contributed by atoms with Gasteiger partial charge in [-0.3, -0.25) is 14.7 Å². The molecule has 5 heteroatoms. The van der Waals surface area contributed by atoms with E-state index in [0.29, 0.717) is 32.5 Å². The van der Waals surface area contributed by atoms with Crippen LogP contribution in [0, 0.1) is 11.3 Å². The Morgan fingerprint density at radius 3 is 2.94 bits per heavy atom. The fourth-order valence-electron chi connectivity index (χ4n) is 1.68. The van der Waals surface area contributed by atoms with Crippen LogP contribution in [0.4, 0.5) is 0 Å². The van der Waals surface area contributed by atoms with Gasteiger partial charge in [0.05, 0.1) is 6.07 Å². The zero-order valence-electron chi connectivity index (χ0n) is 10.2. The third kappa shape index (κ3) is 5.97. The quantitative estimate of drug-likeness (QED) is 0.756. The highest BCUT2D eigenvalue weighted by Crippen LogP contribution is 2.05. The Balaban J connectivity index is 2.45. The summed E-state index contributed by atoms with van der Waals surface area (Å²) in [5.41, 5.74) is 1.07. The SMILES string of the molecule is N#CCCN(CCCC(=O)O)Cc1cccnc1. The maximum absolute atomic E-state index is 10.5. The van der Waals surface area contributed by atoms with Gasteiger partial charge in [-0.1, -0.05) is 6.07 Å². The van der Waals surface area contributed by atoms with Crippen molar-refractivity contribution in [3.63, 3.8) is 0 Å². The van der Waals surface area contributed by atoms with Crippen molar-refractivity contribution in [2.45, 2.75) is 25.8 Å². The van der Waals surface area contributed by atoms with Gasteiger partial charge in [0.15, 0.2) is 0 Å². The molecule has 0 bridgehead atoms. The van der Waals surface area contributed by atoms with E-state index in [2.05, 4.69) is 16.0 Å². The van der Waals surface area contributed by atoms with Crippen LogP contribution in [0.5, 0.6) is 0 Å². The lowest BCUT2D eigenvalue weighted by Gasteiger charge is -2.20. The molecule has 5 nitrogen and oxygen atoms in total. The predicted octanol–water partition coefficient (Wildman–Crippen LogP) is 1.66. The molecular formula is C13H17N3O2. The molecule has 1 aromatic heterocycles. The Labute approximate surface area is 107 Å². The van der Waals surface area contributed by atoms with Crippen molar-refractivity contribution in [1.29, 1.82) is 5.26 Å². The molecule has 18 heavy (non-hydrogen) atoms. The first kappa shape index (κ1) is 14.1. The van der Waals surface area contributed by atoms with Crippen molar-refractivity contribution in [3.8, 4) is 6.07 Å². The Morgan fingerprint density at radius 2 is 2.33 bits per heavy atom. The van der Waals surface area contributed by atoms with Crippen LogP contribution in [0.3, 0.4) is 0 Å². The molecule has 1 aromatic rings. The lowest BCUT2D eigenvalue weighted by Crippen LogP contribution is -2.26. The Morgan fingerprint density at radius 1 is 1.50 bits per heavy atom. The number of aliphatic carboxylic acids is 1. The molecule has 96 valence electrons. The first-order valence-corrected chi connectivity index (χ1v) is 5.92. The van der Waals surface area contributed by atoms with Gasteiger partial charge in [0.25, 0.3) is 0 Å². The minimum atomic E-state index is -0.781. The molecule has 0 aliphatic rings. The summed E-state index contributed by atoms with van der Waals surface area (Å²) in [5, 5.41) is 17.2. The van der Waals surface area contributed by atoms with Crippen LogP contribution < -0.4 is 0 Å². The maximum Gasteiger partial charge on any atom is 0.303 e. The molecule has 0 saturated heterocycles. The fraction of sp³-hybridized carbons (Fsp3) is 0.462. The molecule has 0 atom stereocenters. The largest absolute Gasteiger partial charge is 0.481 e. The number of carbonyl (C=O) groups is 1. The average Bonchev–Trinajstić information content (AvgIpc) is 2.36. The molecule has 0 aliphatic heterocycles. The molecule has 0 saturated carbocycles. The minimum absolute atomic E-state index is 0.163. The fourth-order valence-corrected chi connectivity index (χ4v) is 1.68. The number of carboxylic acid groups (broad SMARTS) is 1. The average molecular weight is 247 g/mol. The first-order chi connectivity index (χ1) is 8.72. The molecule has 0 aliphatic carbocycles. The van der Waals surface area contributed by atoms with Gasteiger partial charge in [-0.2, -0.15) is 5.26 Å². The predicted molar refractivity (Wildman–Crippen MR) is 66.6 cm³/mol. The van der Waals surface area contributed by atoms with Gasteiger partial charge < -0.3 is 5.11 Å². The summed E-state index contributed by atoms with van der Waals surface area (Å²) in [6, 6.07) is 5.96. The normalized spacial score (nSPS) is 10.2. The second-order valence-electron chi connectivity index (χ2n) is 4.04. The van der Waals surface area contributed by atoms with Crippen molar-refractivity contribution in [2.24, 2.45) is 0 Å². The van der Waals surface area contributed by atoms with Gasteiger partial charge >= 0.3 is 5.97 Å². The summed E-state index contributed by atoms with van der Waals surface area (Å²) in [4.78, 5) is 16.6. The second-order valence-corrected chi connectivity index (χ2v) is 4.04. The second kappa shape index (κ2) is 8.20. The first-order valence-electron chi connectivity index (χ1n) is 5.92. The van der Waals surface area contributed by atoms with Gasteiger partial charge in [0.1, 0.15) is 0 Å². The number of pyridine rings is 1. The summed E-state index contributed by atoms with van der Waals surface area (Å²) >= 11 is 0. The van der Waals surface area contributed by atoms with Crippen LogP contribution in [-0.4, -0.2) is 34.0 Å². The third-order valence-corrected chi connectivity index (χ3v) is 2.53. The molecule has 0 amide bonds. The van der Waals surface area contributed by atoms with E-state index >= 15 is 0 Å². The van der Waals surface area contributed by atoms with E-state index in [9.17, 15) is 4.79 Å². The Bertz CT molecular complexity index is 400. The number of nitrogens with zero attached hydrogens (tertiary/aromatic N) is 3. The topological polar surface area (TPSA) is 77.2 Å². The molecule has 1 N–H and O–H groups in total. The van der Waals surface area contributed by atoms with Gasteiger partial charge in [0.2, 0.25) is 0 Å². The standard InChI is InChI=1S/C13H17N3O2/c14-6-3-9-16(8-2-5-13(17)18)11-12-4-1-7-15-10-12/h1,4,7,10H,2-3,5,8-9,11H2,(H,17,18). The van der Waals surface area contributed by atoms with Crippen LogP contribution in [-0.2, 0) is 11.3 Å². The van der Waals surface area contributed by atoms with E-state index in [1.807, 2.05) is 12.1 Å². The van der Waals surface area contributed by atoms with E-state index in [1.54, 1.807) is 12.4 Å². The van der Waals surface area contributed by atoms with Crippen LogP contribution in [0.2, 0.25) is 0 Å². The van der Waals surface area contributed by atoms with E-state index < -0.39 is 5.97 Å². The van der Waals surface area contributed by atoms with E-state index in [-0.39, 0.29) is 6.42 Å². The third-order valence-electron chi connectivity index (χ3n) is 2.53. The van der Waals surface area contributed by atoms with Gasteiger partial charge in [0, 0.05) is 38.3 Å². The molecular weight excluding hydrogens is 230 g/mol. The van der Waals surface area contributed by atoms with Crippen LogP contribution >= 0.6 is 0 Å². The molecule has 0 fully saturated rings. The molecule has 0 aromatic carbocycles.